The van der Waals surface area contributed by atoms with Crippen molar-refractivity contribution in [2.45, 2.75) is 92.1 Å². The van der Waals surface area contributed by atoms with Gasteiger partial charge in [0, 0.05) is 48.6 Å². The minimum atomic E-state index is -2.87. The van der Waals surface area contributed by atoms with Crippen molar-refractivity contribution in [3.8, 4) is 17.2 Å². The molecule has 3 aliphatic carbocycles. The van der Waals surface area contributed by atoms with Gasteiger partial charge in [-0.3, -0.25) is 19.2 Å². The van der Waals surface area contributed by atoms with Gasteiger partial charge in [0.2, 0.25) is 17.3 Å². The fourth-order valence-corrected chi connectivity index (χ4v) is 9.66. The van der Waals surface area contributed by atoms with Crippen LogP contribution in [0.3, 0.4) is 0 Å². The molecule has 1 aromatic heterocycles. The van der Waals surface area contributed by atoms with Crippen LogP contribution in [-0.2, 0) is 38.1 Å². The number of ketones is 2. The lowest BCUT2D eigenvalue weighted by Crippen LogP contribution is -2.78. The number of amides is 1. The van der Waals surface area contributed by atoms with Gasteiger partial charge < -0.3 is 64.4 Å². The average molecular weight is 918 g/mol. The highest BCUT2D eigenvalue weighted by molar-refractivity contribution is 6.36. The highest BCUT2D eigenvalue weighted by Crippen LogP contribution is 2.73. The largest absolute Gasteiger partial charge is 0.507 e. The molecule has 3 fully saturated rings. The van der Waals surface area contributed by atoms with Crippen molar-refractivity contribution in [3.63, 3.8) is 0 Å². The highest BCUT2D eigenvalue weighted by Gasteiger charge is 2.96. The van der Waals surface area contributed by atoms with E-state index in [2.05, 4.69) is 5.32 Å². The molecule has 1 amide bonds. The van der Waals surface area contributed by atoms with Crippen LogP contribution in [0.25, 0.3) is 11.0 Å². The number of halogens is 1. The first-order valence-electron chi connectivity index (χ1n) is 20.1. The third-order valence-corrected chi connectivity index (χ3v) is 12.8. The first-order chi connectivity index (χ1) is 30.7. The molecular weight excluding hydrogens is 878 g/mol. The van der Waals surface area contributed by atoms with Crippen LogP contribution < -0.4 is 10.9 Å². The van der Waals surface area contributed by atoms with Crippen LogP contribution in [0.2, 0.25) is 5.02 Å². The van der Waals surface area contributed by atoms with Gasteiger partial charge in [-0.05, 0) is 31.6 Å². The van der Waals surface area contributed by atoms with E-state index < -0.39 is 118 Å². The van der Waals surface area contributed by atoms with E-state index in [0.29, 0.717) is 0 Å². The molecule has 10 atom stereocenters. The number of hydrogen-bond donors (Lipinski definition) is 8. The van der Waals surface area contributed by atoms with Crippen LogP contribution in [-0.4, -0.2) is 112 Å². The summed E-state index contributed by atoms with van der Waals surface area (Å²) in [5.74, 6) is -6.10. The van der Waals surface area contributed by atoms with E-state index in [4.69, 9.17) is 35.0 Å². The fourth-order valence-electron chi connectivity index (χ4n) is 9.45. The van der Waals surface area contributed by atoms with Crippen molar-refractivity contribution in [1.82, 2.24) is 0 Å². The second-order valence-corrected chi connectivity index (χ2v) is 16.6. The third-order valence-electron chi connectivity index (χ3n) is 12.4. The van der Waals surface area contributed by atoms with E-state index in [0.717, 1.165) is 25.2 Å². The maximum atomic E-state index is 14.3. The zero-order valence-corrected chi connectivity index (χ0v) is 34.9. The number of aliphatic hydroxyl groups is 4. The number of carbonyl (C=O) groups is 5. The summed E-state index contributed by atoms with van der Waals surface area (Å²) in [5, 5.41) is 80.3. The van der Waals surface area contributed by atoms with Gasteiger partial charge in [0.05, 0.1) is 23.7 Å². The summed E-state index contributed by atoms with van der Waals surface area (Å²) < 4.78 is 28.1. The maximum absolute atomic E-state index is 14.3. The molecule has 65 heavy (non-hydrogen) atoms. The fraction of sp³-hybridized carbons (Fsp3) is 0.333. The number of nitrogens with one attached hydrogen (secondary N) is 1. The Bertz CT molecular complexity index is 2790. The molecule has 2 aliphatic heterocycles. The second-order valence-electron chi connectivity index (χ2n) is 16.2. The molecule has 8 N–H and O–H groups in total. The first-order valence-corrected chi connectivity index (χ1v) is 20.4. The summed E-state index contributed by atoms with van der Waals surface area (Å²) in [6.45, 7) is 2.68. The third kappa shape index (κ3) is 6.80. The number of fused-ring (bicyclic) bond motifs is 3. The van der Waals surface area contributed by atoms with E-state index in [1.807, 2.05) is 0 Å². The van der Waals surface area contributed by atoms with E-state index in [1.165, 1.54) is 73.7 Å². The van der Waals surface area contributed by atoms with Gasteiger partial charge in [0.1, 0.15) is 34.3 Å². The van der Waals surface area contributed by atoms with E-state index >= 15 is 0 Å². The van der Waals surface area contributed by atoms with Gasteiger partial charge in [0.25, 0.3) is 0 Å². The summed E-state index contributed by atoms with van der Waals surface area (Å²) in [7, 11) is 0. The number of benzene rings is 2. The molecule has 340 valence electrons. The molecule has 5 aliphatic rings. The van der Waals surface area contributed by atoms with Crippen LogP contribution in [0.1, 0.15) is 66.8 Å². The Morgan fingerprint density at radius 1 is 0.923 bits per heavy atom. The maximum Gasteiger partial charge on any atom is 0.364 e. The van der Waals surface area contributed by atoms with Crippen molar-refractivity contribution >= 4 is 57.7 Å². The summed E-state index contributed by atoms with van der Waals surface area (Å²) in [6.07, 6.45) is 3.71. The number of aromatic hydroxyl groups is 3. The summed E-state index contributed by atoms with van der Waals surface area (Å²) in [4.78, 5) is 77.4. The Morgan fingerprint density at radius 3 is 2.32 bits per heavy atom. The molecule has 1 saturated carbocycles. The lowest BCUT2D eigenvalue weighted by atomic mass is 9.51. The Labute approximate surface area is 371 Å². The topological polar surface area (TPSA) is 309 Å². The van der Waals surface area contributed by atoms with Crippen molar-refractivity contribution in [2.24, 2.45) is 0 Å². The van der Waals surface area contributed by atoms with Crippen molar-refractivity contribution < 1.29 is 83.1 Å². The Hall–Kier alpha value is -6.45. The number of esters is 2. The molecule has 0 spiro atoms. The number of allylic oxidation sites excluding steroid dienone is 6. The summed E-state index contributed by atoms with van der Waals surface area (Å²) in [5.41, 5.74) is -12.7. The van der Waals surface area contributed by atoms with Gasteiger partial charge in [-0.1, -0.05) is 66.3 Å². The summed E-state index contributed by atoms with van der Waals surface area (Å²) >= 11 is 5.93. The molecule has 2 aromatic carbocycles. The Balaban J connectivity index is 0.938. The lowest BCUT2D eigenvalue weighted by Gasteiger charge is -2.53. The minimum Gasteiger partial charge on any atom is -0.507 e. The monoisotopic (exact) mass is 917 g/mol. The van der Waals surface area contributed by atoms with Gasteiger partial charge in [0.15, 0.2) is 40.1 Å². The van der Waals surface area contributed by atoms with Gasteiger partial charge >= 0.3 is 17.6 Å². The molecule has 8 rings (SSSR count). The van der Waals surface area contributed by atoms with Crippen LogP contribution in [0.15, 0.2) is 94.2 Å². The second kappa shape index (κ2) is 16.2. The van der Waals surface area contributed by atoms with E-state index in [9.17, 15) is 64.5 Å². The van der Waals surface area contributed by atoms with Crippen LogP contribution >= 0.6 is 11.6 Å². The lowest BCUT2D eigenvalue weighted by molar-refractivity contribution is -0.209. The number of epoxide rings is 1. The number of phenolic OH excluding ortho intramolecular Hbond substituents is 2. The Kier molecular flexibility index (Phi) is 11.3. The average Bonchev–Trinajstić information content (AvgIpc) is 3.99. The van der Waals surface area contributed by atoms with Crippen molar-refractivity contribution in [2.75, 3.05) is 5.32 Å². The molecule has 0 bridgehead atoms. The van der Waals surface area contributed by atoms with Gasteiger partial charge in [-0.2, -0.15) is 0 Å². The van der Waals surface area contributed by atoms with Crippen LogP contribution in [0.5, 0.6) is 17.2 Å². The Morgan fingerprint density at radius 2 is 1.62 bits per heavy atom. The highest BCUT2D eigenvalue weighted by atomic mass is 35.5. The molecule has 19 nitrogen and oxygen atoms in total. The SMILES string of the molecule is CC(=O)OC1C(C)OC(c2ccc3c(c2O)C(O)C24OC2(C3=O)C2(O)C(=O)C=CCC2(O)CC4O)CC1OC(=O)C=CC=CC=CC=CC(=O)Nc1c(O)c2ccc(O)c(Cl)c2oc1=O. The minimum absolute atomic E-state index is 0.00747. The number of Topliss-reactive ketones (excluding diaryl/α,β-unsaturated/α-hetero) is 1. The molecule has 3 heterocycles. The number of rotatable bonds is 9. The number of aliphatic hydroxyl groups excluding tert-OH is 2. The predicted octanol–water partition coefficient (Wildman–Crippen LogP) is 2.61. The molecule has 3 aromatic rings. The van der Waals surface area contributed by atoms with Crippen LogP contribution in [0.4, 0.5) is 5.69 Å². The molecule has 10 unspecified atom stereocenters. The first kappa shape index (κ1) is 45.1. The normalized spacial score (nSPS) is 32.7. The predicted molar refractivity (Wildman–Crippen MR) is 223 cm³/mol. The standard InChI is InChI=1S/C45H40ClNO18/c1-20-37(62-21(2)48)27(63-31(53)12-8-6-4-3-5-7-11-30(52)47-34-36(55)24-15-16-25(49)33(46)38(24)64-41(34)58)18-26(61-20)22-13-14-23-32(35(22)54)40(57)43-29(51)19-42(59)17-9-10-28(50)44(42,60)45(43,65-43)39(23)56/h3-16,20,26-27,29,37,40,49,51,54-55,57,59-60H,17-19H2,1-2H3,(H,47,52). The number of hydrogen-bond acceptors (Lipinski definition) is 18. The van der Waals surface area contributed by atoms with Gasteiger partial charge in [-0.15, -0.1) is 0 Å². The molecule has 0 radical (unpaired) electrons. The zero-order valence-electron chi connectivity index (χ0n) is 34.2. The number of phenols is 2. The van der Waals surface area contributed by atoms with Crippen LogP contribution in [0, 0.1) is 0 Å². The number of carbonyl (C=O) groups excluding carboxylic acids is 5. The van der Waals surface area contributed by atoms with Gasteiger partial charge in [-0.25, -0.2) is 9.59 Å². The van der Waals surface area contributed by atoms with Crippen molar-refractivity contribution in [3.05, 3.63) is 117 Å². The smallest absolute Gasteiger partial charge is 0.364 e. The summed E-state index contributed by atoms with van der Waals surface area (Å²) in [6, 6.07) is 4.94. The number of anilines is 1. The molecular formula is C45H40ClNO18. The molecule has 2 saturated heterocycles. The van der Waals surface area contributed by atoms with Crippen molar-refractivity contribution in [1.29, 1.82) is 0 Å². The number of ether oxygens (including phenoxy) is 4. The zero-order chi connectivity index (χ0) is 47.0. The van der Waals surface area contributed by atoms with E-state index in [1.54, 1.807) is 0 Å². The quantitative estimate of drug-likeness (QED) is 0.0503. The molecule has 20 heteroatoms. The van der Waals surface area contributed by atoms with E-state index in [-0.39, 0.29) is 51.3 Å².